The molecule has 0 radical (unpaired) electrons. The third kappa shape index (κ3) is 57.9. The molecule has 0 spiro atoms. The minimum absolute atomic E-state index is 0.0285. The van der Waals surface area contributed by atoms with Gasteiger partial charge in [-0.25, -0.2) is 0 Å². The lowest BCUT2D eigenvalue weighted by molar-refractivity contribution is -0.870. The normalized spacial score (nSPS) is 14.2. The summed E-state index contributed by atoms with van der Waals surface area (Å²) >= 11 is 0. The van der Waals surface area contributed by atoms with Gasteiger partial charge in [0.25, 0.3) is 7.82 Å². The van der Waals surface area contributed by atoms with Crippen molar-refractivity contribution in [1.82, 2.24) is 5.32 Å². The molecule has 1 amide bonds. The first-order valence-corrected chi connectivity index (χ1v) is 33.9. The molecule has 0 aliphatic heterocycles. The van der Waals surface area contributed by atoms with Gasteiger partial charge in [0.2, 0.25) is 5.91 Å². The number of unbranched alkanes of at least 4 members (excludes halogenated alkanes) is 32. The molecule has 78 heavy (non-hydrogen) atoms. The number of phosphoric acid groups is 1. The molecule has 0 fully saturated rings. The molecule has 0 aromatic rings. The predicted octanol–water partition coefficient (Wildman–Crippen LogP) is 19.5. The minimum Gasteiger partial charge on any atom is -0.756 e. The molecule has 3 unspecified atom stereocenters. The summed E-state index contributed by atoms with van der Waals surface area (Å²) in [7, 11) is 1.17. The van der Waals surface area contributed by atoms with Crippen molar-refractivity contribution in [1.29, 1.82) is 0 Å². The third-order valence-corrected chi connectivity index (χ3v) is 15.1. The number of carbonyl (C=O) groups excluding carboxylic acids is 2. The Balaban J connectivity index is 5.04. The fraction of sp³-hybridized carbons (Fsp3) is 0.765. The van der Waals surface area contributed by atoms with E-state index >= 15 is 0 Å². The maximum atomic E-state index is 13.5. The van der Waals surface area contributed by atoms with E-state index in [2.05, 4.69) is 99.0 Å². The highest BCUT2D eigenvalue weighted by Crippen LogP contribution is 2.38. The monoisotopic (exact) mass is 1110 g/mol. The van der Waals surface area contributed by atoms with Crippen LogP contribution in [0.2, 0.25) is 0 Å². The Morgan fingerprint density at radius 3 is 1.36 bits per heavy atom. The molecular weight excluding hydrogens is 988 g/mol. The maximum Gasteiger partial charge on any atom is 0.306 e. The van der Waals surface area contributed by atoms with Crippen LogP contribution in [-0.4, -0.2) is 69.4 Å². The first-order valence-electron chi connectivity index (χ1n) is 32.4. The van der Waals surface area contributed by atoms with Gasteiger partial charge in [0.15, 0.2) is 0 Å². The molecular formula is C68H123N2O7P. The van der Waals surface area contributed by atoms with Crippen molar-refractivity contribution in [2.24, 2.45) is 0 Å². The van der Waals surface area contributed by atoms with Gasteiger partial charge in [-0.3, -0.25) is 14.2 Å². The molecule has 0 aliphatic rings. The number of carbonyl (C=O) groups is 2. The lowest BCUT2D eigenvalue weighted by atomic mass is 10.0. The molecule has 0 heterocycles. The largest absolute Gasteiger partial charge is 0.756 e. The molecule has 0 saturated heterocycles. The van der Waals surface area contributed by atoms with Gasteiger partial charge in [-0.1, -0.05) is 267 Å². The van der Waals surface area contributed by atoms with Gasteiger partial charge in [-0.05, 0) is 89.5 Å². The number of ether oxygens (including phenoxy) is 1. The van der Waals surface area contributed by atoms with E-state index in [1.165, 1.54) is 154 Å². The van der Waals surface area contributed by atoms with E-state index in [-0.39, 0.29) is 24.9 Å². The summed E-state index contributed by atoms with van der Waals surface area (Å²) in [5.41, 5.74) is 0. The lowest BCUT2D eigenvalue weighted by Gasteiger charge is -2.30. The van der Waals surface area contributed by atoms with Crippen LogP contribution in [0.25, 0.3) is 0 Å². The quantitative estimate of drug-likeness (QED) is 0.0161. The van der Waals surface area contributed by atoms with Gasteiger partial charge in [-0.2, -0.15) is 0 Å². The highest BCUT2D eigenvalue weighted by molar-refractivity contribution is 7.45. The molecule has 1 N–H and O–H groups in total. The van der Waals surface area contributed by atoms with E-state index in [1.807, 2.05) is 33.3 Å². The average Bonchev–Trinajstić information content (AvgIpc) is 3.40. The van der Waals surface area contributed by atoms with Crippen LogP contribution in [0.4, 0.5) is 0 Å². The van der Waals surface area contributed by atoms with Crippen molar-refractivity contribution in [3.63, 3.8) is 0 Å². The number of nitrogens with zero attached hydrogens (tertiary/aromatic N) is 1. The van der Waals surface area contributed by atoms with Gasteiger partial charge in [0, 0.05) is 12.8 Å². The molecule has 0 aliphatic carbocycles. The van der Waals surface area contributed by atoms with Crippen LogP contribution in [0, 0.1) is 0 Å². The highest BCUT2D eigenvalue weighted by atomic mass is 31.2. The fourth-order valence-corrected chi connectivity index (χ4v) is 9.84. The van der Waals surface area contributed by atoms with Crippen molar-refractivity contribution in [3.8, 4) is 0 Å². The van der Waals surface area contributed by atoms with Crippen molar-refractivity contribution in [2.75, 3.05) is 40.9 Å². The summed E-state index contributed by atoms with van der Waals surface area (Å²) in [6.07, 6.45) is 75.6. The first kappa shape index (κ1) is 75.2. The molecule has 0 aromatic heterocycles. The Hall–Kier alpha value is -2.81. The van der Waals surface area contributed by atoms with E-state index in [9.17, 15) is 19.0 Å². The zero-order valence-corrected chi connectivity index (χ0v) is 52.5. The number of likely N-dealkylation sites (N-methyl/N-ethyl adjacent to an activating group) is 1. The molecule has 0 aromatic carbocycles. The van der Waals surface area contributed by atoms with Crippen LogP contribution in [0.5, 0.6) is 0 Å². The second kappa shape index (κ2) is 57.4. The minimum atomic E-state index is -4.71. The van der Waals surface area contributed by atoms with Crippen LogP contribution in [-0.2, 0) is 27.9 Å². The Labute approximate surface area is 482 Å². The number of phosphoric ester groups is 1. The first-order chi connectivity index (χ1) is 37.9. The van der Waals surface area contributed by atoms with E-state index in [0.29, 0.717) is 23.9 Å². The molecule has 9 nitrogen and oxygen atoms in total. The van der Waals surface area contributed by atoms with Gasteiger partial charge < -0.3 is 28.5 Å². The molecule has 452 valence electrons. The SMILES string of the molecule is CC/C=C/C=C/C=C\CCCCCCCC(=O)OC(/C=C\CCCCCCCCCCCC)C(COP(=O)([O-])OCC[N+](C)(C)C)NC(=O)CCCCCCCCCCCCCCCC/C=C\C/C=C\C/C=C\CCCCC. The van der Waals surface area contributed by atoms with Crippen LogP contribution >= 0.6 is 7.82 Å². The van der Waals surface area contributed by atoms with Gasteiger partial charge in [0.05, 0.1) is 33.8 Å². The Morgan fingerprint density at radius 2 is 0.872 bits per heavy atom. The second-order valence-corrected chi connectivity index (χ2v) is 24.4. The summed E-state index contributed by atoms with van der Waals surface area (Å²) in [5, 5.41) is 3.03. The van der Waals surface area contributed by atoms with E-state index in [0.717, 1.165) is 89.9 Å². The number of esters is 1. The zero-order chi connectivity index (χ0) is 57.2. The molecule has 3 atom stereocenters. The van der Waals surface area contributed by atoms with Crippen LogP contribution in [0.15, 0.2) is 85.1 Å². The number of quaternary nitrogens is 1. The lowest BCUT2D eigenvalue weighted by Crippen LogP contribution is -2.47. The maximum absolute atomic E-state index is 13.5. The Morgan fingerprint density at radius 1 is 0.474 bits per heavy atom. The van der Waals surface area contributed by atoms with Crippen molar-refractivity contribution < 1.29 is 37.3 Å². The van der Waals surface area contributed by atoms with E-state index in [4.69, 9.17) is 13.8 Å². The second-order valence-electron chi connectivity index (χ2n) is 22.9. The number of allylic oxidation sites excluding steroid dienone is 13. The van der Waals surface area contributed by atoms with E-state index in [1.54, 1.807) is 0 Å². The molecule has 0 bridgehead atoms. The summed E-state index contributed by atoms with van der Waals surface area (Å²) in [6.45, 7) is 6.67. The average molecular weight is 1110 g/mol. The summed E-state index contributed by atoms with van der Waals surface area (Å²) in [5.74, 6) is -0.564. The number of amides is 1. The molecule has 0 saturated carbocycles. The standard InChI is InChI=1S/C68H123N2O7P/c1-7-10-13-16-19-22-25-28-29-30-31-32-33-34-35-36-37-38-39-40-41-43-45-48-51-54-57-60-67(71)69-65(64-76-78(73,74)75-63-62-70(4,5)6)66(59-56-53-50-47-44-27-24-21-18-15-12-9-3)77-68(72)61-58-55-52-49-46-42-26-23-20-17-14-11-8-2/h11,14,17,19-20,22-23,26,28-29,31-32,56,59,65-66H,7-10,12-13,15-16,18,21,24-25,27,30,33-55,57-58,60-64H2,1-6H3,(H-,69,71,73,74)/b14-11+,20-17+,22-19-,26-23-,29-28-,32-31-,59-56-. The van der Waals surface area contributed by atoms with Crippen LogP contribution in [0.1, 0.15) is 284 Å². The van der Waals surface area contributed by atoms with E-state index < -0.39 is 26.6 Å². The van der Waals surface area contributed by atoms with Gasteiger partial charge >= 0.3 is 5.97 Å². The Kier molecular flexibility index (Phi) is 55.4. The zero-order valence-electron chi connectivity index (χ0n) is 51.6. The summed E-state index contributed by atoms with van der Waals surface area (Å²) < 4.78 is 30.3. The fourth-order valence-electron chi connectivity index (χ4n) is 9.12. The number of hydrogen-bond acceptors (Lipinski definition) is 7. The Bertz CT molecular complexity index is 1610. The van der Waals surface area contributed by atoms with Crippen LogP contribution < -0.4 is 10.2 Å². The summed E-state index contributed by atoms with van der Waals surface area (Å²) in [6, 6.07) is -0.900. The van der Waals surface area contributed by atoms with Gasteiger partial charge in [-0.15, -0.1) is 0 Å². The topological polar surface area (TPSA) is 114 Å². The number of rotatable bonds is 58. The highest BCUT2D eigenvalue weighted by Gasteiger charge is 2.27. The van der Waals surface area contributed by atoms with Crippen molar-refractivity contribution in [2.45, 2.75) is 296 Å². The van der Waals surface area contributed by atoms with Crippen molar-refractivity contribution in [3.05, 3.63) is 85.1 Å². The smallest absolute Gasteiger partial charge is 0.306 e. The van der Waals surface area contributed by atoms with Gasteiger partial charge in [0.1, 0.15) is 19.3 Å². The molecule has 10 heteroatoms. The summed E-state index contributed by atoms with van der Waals surface area (Å²) in [4.78, 5) is 40.0. The van der Waals surface area contributed by atoms with Crippen LogP contribution in [0.3, 0.4) is 0 Å². The predicted molar refractivity (Wildman–Crippen MR) is 335 cm³/mol. The van der Waals surface area contributed by atoms with Crippen molar-refractivity contribution >= 4 is 19.7 Å². The number of hydrogen-bond donors (Lipinski definition) is 1. The third-order valence-electron chi connectivity index (χ3n) is 14.1. The molecule has 0 rings (SSSR count). The number of nitrogens with one attached hydrogen (secondary N) is 1.